The van der Waals surface area contributed by atoms with Crippen molar-refractivity contribution in [2.24, 2.45) is 11.1 Å². The minimum absolute atomic E-state index is 0.161. The molecule has 1 aromatic rings. The van der Waals surface area contributed by atoms with Crippen LogP contribution in [0, 0.1) is 5.92 Å². The van der Waals surface area contributed by atoms with Crippen LogP contribution in [0.15, 0.2) is 21.8 Å². The molecule has 1 unspecified atom stereocenters. The van der Waals surface area contributed by atoms with Crippen molar-refractivity contribution in [1.82, 2.24) is 15.2 Å². The Hall–Kier alpha value is -3.13. The summed E-state index contributed by atoms with van der Waals surface area (Å²) >= 11 is 2.38. The first kappa shape index (κ1) is 21.1. The highest BCUT2D eigenvalue weighted by molar-refractivity contribution is 8.00. The van der Waals surface area contributed by atoms with Crippen molar-refractivity contribution < 1.29 is 33.9 Å². The van der Waals surface area contributed by atoms with Crippen LogP contribution in [-0.2, 0) is 28.8 Å². The van der Waals surface area contributed by atoms with E-state index in [1.165, 1.54) is 24.3 Å². The Kier molecular flexibility index (Phi) is 5.58. The maximum atomic E-state index is 12.8. The van der Waals surface area contributed by atoms with Crippen molar-refractivity contribution >= 4 is 57.7 Å². The van der Waals surface area contributed by atoms with Crippen molar-refractivity contribution in [3.05, 3.63) is 22.3 Å². The molecule has 2 saturated heterocycles. The van der Waals surface area contributed by atoms with E-state index in [0.29, 0.717) is 12.0 Å². The third kappa shape index (κ3) is 3.61. The second-order valence-electron chi connectivity index (χ2n) is 6.74. The highest BCUT2D eigenvalue weighted by Gasteiger charge is 2.55. The number of amides is 2. The van der Waals surface area contributed by atoms with Gasteiger partial charge in [-0.3, -0.25) is 19.3 Å². The number of aromatic nitrogens is 1. The smallest absolute Gasteiger partial charge is 0.352 e. The Balaban J connectivity index is 1.55. The fourth-order valence-electron chi connectivity index (χ4n) is 3.62. The fraction of sp³-hybridized carbons (Fsp3) is 0.412. The molecule has 12 nitrogen and oxygen atoms in total. The molecule has 2 fully saturated rings. The lowest BCUT2D eigenvalue weighted by Crippen LogP contribution is -2.71. The van der Waals surface area contributed by atoms with Crippen LogP contribution in [0.2, 0.25) is 0 Å². The number of thioether (sulfide) groups is 1. The van der Waals surface area contributed by atoms with Crippen molar-refractivity contribution in [1.29, 1.82) is 0 Å². The van der Waals surface area contributed by atoms with Gasteiger partial charge in [0.15, 0.2) is 10.8 Å². The monoisotopic (exact) mass is 467 g/mol. The molecular formula is C17H17N5O7S2. The average Bonchev–Trinajstić information content (AvgIpc) is 3.36. The molecule has 31 heavy (non-hydrogen) atoms. The van der Waals surface area contributed by atoms with Gasteiger partial charge in [-0.05, 0) is 12.0 Å². The number of fused-ring (bicyclic) bond motifs is 1. The maximum absolute atomic E-state index is 12.8. The molecule has 0 saturated carbocycles. The molecule has 0 aromatic carbocycles. The molecule has 14 heteroatoms. The summed E-state index contributed by atoms with van der Waals surface area (Å²) in [7, 11) is 1.26. The molecule has 3 aliphatic rings. The summed E-state index contributed by atoms with van der Waals surface area (Å²) in [5, 5.41) is 17.1. The van der Waals surface area contributed by atoms with Gasteiger partial charge in [0.2, 0.25) is 0 Å². The van der Waals surface area contributed by atoms with Gasteiger partial charge >= 0.3 is 11.9 Å². The number of thiazole rings is 1. The van der Waals surface area contributed by atoms with E-state index in [9.17, 15) is 24.3 Å². The van der Waals surface area contributed by atoms with E-state index >= 15 is 0 Å². The number of anilines is 1. The van der Waals surface area contributed by atoms with E-state index in [-0.39, 0.29) is 34.6 Å². The van der Waals surface area contributed by atoms with Gasteiger partial charge < -0.3 is 25.7 Å². The van der Waals surface area contributed by atoms with Gasteiger partial charge in [-0.25, -0.2) is 9.78 Å². The first-order valence-electron chi connectivity index (χ1n) is 9.04. The van der Waals surface area contributed by atoms with Gasteiger partial charge in [-0.1, -0.05) is 5.16 Å². The quantitative estimate of drug-likeness (QED) is 0.212. The summed E-state index contributed by atoms with van der Waals surface area (Å²) in [6, 6.07) is -0.970. The number of hydrogen-bond acceptors (Lipinski definition) is 11. The molecule has 0 radical (unpaired) electrons. The van der Waals surface area contributed by atoms with E-state index in [1.807, 2.05) is 0 Å². The zero-order chi connectivity index (χ0) is 22.3. The highest BCUT2D eigenvalue weighted by Crippen LogP contribution is 2.43. The number of oxime groups is 1. The first-order valence-corrected chi connectivity index (χ1v) is 11.0. The van der Waals surface area contributed by atoms with Gasteiger partial charge in [-0.2, -0.15) is 0 Å². The summed E-state index contributed by atoms with van der Waals surface area (Å²) in [6.45, 7) is 0.212. The first-order chi connectivity index (χ1) is 14.8. The van der Waals surface area contributed by atoms with Gasteiger partial charge in [0.25, 0.3) is 11.8 Å². The predicted octanol–water partition coefficient (Wildman–Crippen LogP) is -0.622. The third-order valence-corrected chi connectivity index (χ3v) is 6.98. The summed E-state index contributed by atoms with van der Waals surface area (Å²) in [4.78, 5) is 59.2. The zero-order valence-electron chi connectivity index (χ0n) is 16.1. The van der Waals surface area contributed by atoms with Crippen molar-refractivity contribution in [3.8, 4) is 0 Å². The Morgan fingerprint density at radius 2 is 2.23 bits per heavy atom. The standard InChI is InChI=1S/C17H17N5O7S2/c1-28-21-9(8-5-31-17(18)19-8)12(23)20-10-13(24)22-11(15(25)26)7(4-30-14(10)22)6-2-3-29-16(6)27/h5-6,10,14H,2-4H2,1H3,(H2,18,19)(H,20,23)(H,25,26)/b21-9-/t6?,10-,14-/m1/s1. The number of nitrogens with one attached hydrogen (secondary N) is 1. The van der Waals surface area contributed by atoms with E-state index < -0.39 is 41.1 Å². The van der Waals surface area contributed by atoms with Gasteiger partial charge in [0, 0.05) is 11.1 Å². The normalized spacial score (nSPS) is 25.6. The average molecular weight is 467 g/mol. The number of esters is 1. The number of β-lactam (4-membered cyclic amide) rings is 1. The van der Waals surface area contributed by atoms with Crippen molar-refractivity contribution in [2.75, 3.05) is 25.2 Å². The lowest BCUT2D eigenvalue weighted by atomic mass is 9.93. The molecule has 4 rings (SSSR count). The van der Waals surface area contributed by atoms with Gasteiger partial charge in [0.05, 0.1) is 12.5 Å². The Bertz CT molecular complexity index is 1040. The van der Waals surface area contributed by atoms with E-state index in [2.05, 4.69) is 15.5 Å². The molecule has 0 spiro atoms. The molecule has 3 aliphatic heterocycles. The van der Waals surface area contributed by atoms with Gasteiger partial charge in [-0.15, -0.1) is 23.1 Å². The van der Waals surface area contributed by atoms with Crippen LogP contribution in [0.3, 0.4) is 0 Å². The molecule has 4 heterocycles. The number of ether oxygens (including phenoxy) is 1. The maximum Gasteiger partial charge on any atom is 0.352 e. The number of carboxylic acids is 1. The third-order valence-electron chi connectivity index (χ3n) is 5.01. The minimum Gasteiger partial charge on any atom is -0.477 e. The fourth-order valence-corrected chi connectivity index (χ4v) is 5.59. The number of carbonyl (C=O) groups excluding carboxylic acids is 3. The van der Waals surface area contributed by atoms with E-state index in [0.717, 1.165) is 16.2 Å². The molecule has 4 N–H and O–H groups in total. The number of cyclic esters (lactones) is 1. The van der Waals surface area contributed by atoms with Crippen LogP contribution in [0.25, 0.3) is 0 Å². The van der Waals surface area contributed by atoms with E-state index in [1.54, 1.807) is 0 Å². The van der Waals surface area contributed by atoms with Crippen LogP contribution < -0.4 is 11.1 Å². The molecule has 164 valence electrons. The van der Waals surface area contributed by atoms with Crippen LogP contribution in [-0.4, -0.2) is 75.3 Å². The second kappa shape index (κ2) is 8.19. The number of carboxylic acid groups (broad SMARTS) is 1. The summed E-state index contributed by atoms with van der Waals surface area (Å²) < 4.78 is 4.95. The Morgan fingerprint density at radius 3 is 2.81 bits per heavy atom. The minimum atomic E-state index is -1.31. The largest absolute Gasteiger partial charge is 0.477 e. The summed E-state index contributed by atoms with van der Waals surface area (Å²) in [5.74, 6) is -3.56. The summed E-state index contributed by atoms with van der Waals surface area (Å²) in [5.41, 5.74) is 5.76. The predicted molar refractivity (Wildman–Crippen MR) is 109 cm³/mol. The molecule has 1 aromatic heterocycles. The van der Waals surface area contributed by atoms with Crippen LogP contribution in [0.1, 0.15) is 12.1 Å². The van der Waals surface area contributed by atoms with Gasteiger partial charge in [0.1, 0.15) is 29.9 Å². The number of aliphatic carboxylic acids is 1. The molecule has 0 bridgehead atoms. The number of nitrogens with two attached hydrogens (primary N) is 1. The highest BCUT2D eigenvalue weighted by atomic mass is 32.2. The lowest BCUT2D eigenvalue weighted by molar-refractivity contribution is -0.150. The Labute approximate surface area is 183 Å². The van der Waals surface area contributed by atoms with Crippen LogP contribution in [0.5, 0.6) is 0 Å². The lowest BCUT2D eigenvalue weighted by Gasteiger charge is -2.49. The van der Waals surface area contributed by atoms with Crippen LogP contribution in [0.4, 0.5) is 5.13 Å². The van der Waals surface area contributed by atoms with Crippen molar-refractivity contribution in [3.63, 3.8) is 0 Å². The second-order valence-corrected chi connectivity index (χ2v) is 8.74. The topological polar surface area (TPSA) is 174 Å². The number of hydrogen-bond donors (Lipinski definition) is 3. The number of rotatable bonds is 6. The molecule has 2 amide bonds. The molecule has 3 atom stereocenters. The number of nitrogen functional groups attached to an aromatic ring is 1. The Morgan fingerprint density at radius 1 is 1.45 bits per heavy atom. The summed E-state index contributed by atoms with van der Waals surface area (Å²) in [6.07, 6.45) is 0.367. The van der Waals surface area contributed by atoms with Crippen molar-refractivity contribution in [2.45, 2.75) is 17.8 Å². The number of carbonyl (C=O) groups is 4. The molecular weight excluding hydrogens is 450 g/mol. The van der Waals surface area contributed by atoms with Crippen LogP contribution >= 0.6 is 23.1 Å². The molecule has 0 aliphatic carbocycles. The number of nitrogens with zero attached hydrogens (tertiary/aromatic N) is 3. The SMILES string of the molecule is CO/N=C(\C(=O)N[C@@H]1C(=O)N2C(C(=O)O)=C(C3CCOC3=O)CS[C@H]12)c1csc(N)n1. The zero-order valence-corrected chi connectivity index (χ0v) is 17.7. The van der Waals surface area contributed by atoms with E-state index in [4.69, 9.17) is 15.3 Å².